The van der Waals surface area contributed by atoms with Crippen molar-refractivity contribution in [1.82, 2.24) is 0 Å². The second kappa shape index (κ2) is 9.46. The van der Waals surface area contributed by atoms with Crippen molar-refractivity contribution < 1.29 is 50.2 Å². The molecule has 0 amide bonds. The molecule has 3 aliphatic rings. The summed E-state index contributed by atoms with van der Waals surface area (Å²) >= 11 is 0. The van der Waals surface area contributed by atoms with Gasteiger partial charge in [-0.05, 0) is 48.9 Å². The highest BCUT2D eigenvalue weighted by Crippen LogP contribution is 2.45. The van der Waals surface area contributed by atoms with Gasteiger partial charge in [-0.1, -0.05) is 45.6 Å². The summed E-state index contributed by atoms with van der Waals surface area (Å²) < 4.78 is 166. The predicted molar refractivity (Wildman–Crippen MR) is 111 cm³/mol. The van der Waals surface area contributed by atoms with Gasteiger partial charge in [0.15, 0.2) is 0 Å². The lowest BCUT2D eigenvalue weighted by atomic mass is 9.65. The third-order valence-corrected chi connectivity index (χ3v) is 5.19. The first-order chi connectivity index (χ1) is 21.2. The van der Waals surface area contributed by atoms with Gasteiger partial charge in [-0.2, -0.15) is 0 Å². The van der Waals surface area contributed by atoms with Crippen molar-refractivity contribution in [1.29, 1.82) is 0 Å². The molecule has 0 aromatic carbocycles. The molecule has 1 fully saturated rings. The first-order valence-electron chi connectivity index (χ1n) is 18.7. The molecule has 8 atom stereocenters. The largest absolute Gasteiger partial charge is 0.462 e. The lowest BCUT2D eigenvalue weighted by Gasteiger charge is -2.43. The molecule has 1 N–H and O–H groups in total. The fourth-order valence-corrected chi connectivity index (χ4v) is 3.82. The quantitative estimate of drug-likeness (QED) is 0.648. The number of cyclic esters (lactones) is 1. The molecule has 0 radical (unpaired) electrons. The maximum Gasteiger partial charge on any atom is 0.308 e. The van der Waals surface area contributed by atoms with Crippen LogP contribution in [0.25, 0.3) is 0 Å². The Labute approximate surface area is 201 Å². The van der Waals surface area contributed by atoms with Crippen LogP contribution in [0.1, 0.15) is 92.0 Å². The van der Waals surface area contributed by atoms with E-state index in [9.17, 15) is 14.7 Å². The fraction of sp³-hybridized carbons (Fsp3) is 0.750. The van der Waals surface area contributed by atoms with E-state index in [2.05, 4.69) is 0 Å². The molecule has 0 bridgehead atoms. The van der Waals surface area contributed by atoms with E-state index >= 15 is 0 Å². The number of hydrogen-bond acceptors (Lipinski definition) is 5. The van der Waals surface area contributed by atoms with Crippen LogP contribution in [0.15, 0.2) is 23.7 Å². The Morgan fingerprint density at radius 3 is 3.21 bits per heavy atom. The van der Waals surface area contributed by atoms with Gasteiger partial charge in [0.1, 0.15) is 12.2 Å². The Bertz CT molecular complexity index is 1380. The fourth-order valence-electron chi connectivity index (χ4n) is 3.82. The molecular formula is C24H36O5. The zero-order valence-electron chi connectivity index (χ0n) is 34.8. The van der Waals surface area contributed by atoms with Crippen LogP contribution < -0.4 is 0 Å². The Morgan fingerprint density at radius 1 is 1.62 bits per heavy atom. The Kier molecular flexibility index (Phi) is 2.66. The van der Waals surface area contributed by atoms with E-state index in [0.29, 0.717) is 0 Å². The van der Waals surface area contributed by atoms with Crippen molar-refractivity contribution in [3.63, 3.8) is 0 Å². The first-order valence-corrected chi connectivity index (χ1v) is 9.22. The molecular weight excluding hydrogens is 368 g/mol. The maximum atomic E-state index is 13.7. The van der Waals surface area contributed by atoms with Gasteiger partial charge in [-0.15, -0.1) is 0 Å². The molecule has 1 aliphatic heterocycles. The monoisotopic (exact) mass is 423 g/mol. The smallest absolute Gasteiger partial charge is 0.308 e. The molecule has 0 saturated carbocycles. The van der Waals surface area contributed by atoms with Gasteiger partial charge in [0.25, 0.3) is 0 Å². The predicted octanol–water partition coefficient (Wildman–Crippen LogP) is 4.20. The van der Waals surface area contributed by atoms with Crippen molar-refractivity contribution in [2.75, 3.05) is 0 Å². The summed E-state index contributed by atoms with van der Waals surface area (Å²) in [5, 5.41) is 10.0. The number of ether oxygens (including phenoxy) is 2. The molecule has 1 saturated heterocycles. The number of esters is 2. The van der Waals surface area contributed by atoms with E-state index in [1.807, 2.05) is 0 Å². The average Bonchev–Trinajstić information content (AvgIpc) is 2.89. The first kappa shape index (κ1) is 8.14. The van der Waals surface area contributed by atoms with Gasteiger partial charge in [-0.3, -0.25) is 9.59 Å². The van der Waals surface area contributed by atoms with Crippen LogP contribution in [0.3, 0.4) is 0 Å². The van der Waals surface area contributed by atoms with Gasteiger partial charge >= 0.3 is 11.9 Å². The summed E-state index contributed by atoms with van der Waals surface area (Å²) in [5.74, 6) is -17.1. The van der Waals surface area contributed by atoms with Crippen LogP contribution in [0.5, 0.6) is 0 Å². The highest BCUT2D eigenvalue weighted by Gasteiger charge is 2.42. The molecule has 29 heavy (non-hydrogen) atoms. The number of aliphatic hydroxyl groups excluding tert-OH is 1. The summed E-state index contributed by atoms with van der Waals surface area (Å²) in [4.78, 5) is 25.7. The third-order valence-electron chi connectivity index (χ3n) is 5.19. The van der Waals surface area contributed by atoms with E-state index in [1.165, 1.54) is 0 Å². The van der Waals surface area contributed by atoms with Crippen molar-refractivity contribution in [2.24, 2.45) is 29.5 Å². The molecule has 5 heteroatoms. The summed E-state index contributed by atoms with van der Waals surface area (Å²) in [5.41, 5.74) is -0.822. The molecule has 2 unspecified atom stereocenters. The zero-order chi connectivity index (χ0) is 37.6. The summed E-state index contributed by atoms with van der Waals surface area (Å²) in [7, 11) is 0. The minimum absolute atomic E-state index is 0.0736. The highest BCUT2D eigenvalue weighted by atomic mass is 16.5. The Morgan fingerprint density at radius 2 is 2.48 bits per heavy atom. The second-order valence-electron chi connectivity index (χ2n) is 7.23. The molecule has 3 rings (SSSR count). The number of carbonyl (C=O) groups excluding carboxylic acids is 2. The minimum Gasteiger partial charge on any atom is -0.462 e. The lowest BCUT2D eigenvalue weighted by Crippen LogP contribution is -2.42. The molecule has 0 spiro atoms. The van der Waals surface area contributed by atoms with Crippen molar-refractivity contribution in [3.05, 3.63) is 23.7 Å². The Balaban J connectivity index is 2.35. The number of hydrogen-bond donors (Lipinski definition) is 1. The van der Waals surface area contributed by atoms with Gasteiger partial charge in [0.05, 0.1) is 22.5 Å². The zero-order valence-corrected chi connectivity index (χ0v) is 15.8. The second-order valence-corrected chi connectivity index (χ2v) is 7.23. The van der Waals surface area contributed by atoms with Gasteiger partial charge in [-0.25, -0.2) is 0 Å². The van der Waals surface area contributed by atoms with E-state index in [4.69, 9.17) is 35.5 Å². The van der Waals surface area contributed by atoms with E-state index in [0.717, 1.165) is 6.92 Å². The SMILES string of the molecule is [2H]C1=C([2H])[C@]([2H])(C)[C@H](CCC2C[C@@H](O)CC(=O)O2)[C@@H]2C1=C([2H])[C@]([2H])(C([2H])([2H])[2H])C([2H])([2H])C2OC(=O)[C@@]([2H])(C([2H])([2H])[2H])C([2H])([2H])C([2H])([2H])[2H]. The standard InChI is InChI=1S/C24H36O5/c1-5-15(3)24(27)29-21-11-14(2)10-17-7-6-16(4)20(23(17)21)9-8-19-12-18(25)13-22(26)28-19/h6-7,10,14-16,18-21,23,25H,5,8-9,11-13H2,1-4H3/t14-,15-,16-,18+,19?,20-,21?,23-/m0/s1/i1D3,2D3,3D3,5D2,6D,7D,10D,11D2,14D,15D,16D. The van der Waals surface area contributed by atoms with Crippen LogP contribution in [0, 0.1) is 29.5 Å². The molecule has 162 valence electrons. The summed E-state index contributed by atoms with van der Waals surface area (Å²) in [6.07, 6.45) is -13.8. The van der Waals surface area contributed by atoms with Crippen molar-refractivity contribution in [2.45, 2.75) is 84.2 Å². The number of allylic oxidation sites excluding steroid dienone is 3. The molecule has 2 aliphatic carbocycles. The highest BCUT2D eigenvalue weighted by molar-refractivity contribution is 5.72. The van der Waals surface area contributed by atoms with Crippen LogP contribution in [-0.4, -0.2) is 35.4 Å². The van der Waals surface area contributed by atoms with E-state index < -0.39 is 117 Å². The van der Waals surface area contributed by atoms with Gasteiger partial charge in [0, 0.05) is 34.3 Å². The number of carbonyl (C=O) groups is 2. The van der Waals surface area contributed by atoms with Crippen LogP contribution in [-0.2, 0) is 19.1 Å². The summed E-state index contributed by atoms with van der Waals surface area (Å²) in [6, 6.07) is -3.16. The van der Waals surface area contributed by atoms with Crippen LogP contribution in [0.4, 0.5) is 0 Å². The molecule has 0 aromatic rings. The lowest BCUT2D eigenvalue weighted by molar-refractivity contribution is -0.162. The number of fused-ring (bicyclic) bond motifs is 1. The normalized spacial score (nSPS) is 58.2. The maximum absolute atomic E-state index is 13.7. The average molecular weight is 424 g/mol. The van der Waals surface area contributed by atoms with Crippen molar-refractivity contribution in [3.8, 4) is 0 Å². The van der Waals surface area contributed by atoms with E-state index in [1.54, 1.807) is 0 Å². The third kappa shape index (κ3) is 5.30. The van der Waals surface area contributed by atoms with Gasteiger partial charge in [0.2, 0.25) is 0 Å². The van der Waals surface area contributed by atoms with Crippen LogP contribution in [0.2, 0.25) is 0 Å². The number of aliphatic hydroxyl groups is 1. The minimum atomic E-state index is -4.32. The van der Waals surface area contributed by atoms with Crippen LogP contribution >= 0.6 is 0 Å². The molecule has 5 nitrogen and oxygen atoms in total. The Hall–Kier alpha value is -1.62. The van der Waals surface area contributed by atoms with Gasteiger partial charge < -0.3 is 14.6 Å². The van der Waals surface area contributed by atoms with Crippen molar-refractivity contribution >= 4 is 11.9 Å². The van der Waals surface area contributed by atoms with E-state index in [-0.39, 0.29) is 25.7 Å². The molecule has 0 aromatic heterocycles. The molecule has 1 heterocycles. The number of rotatable bonds is 6. The topological polar surface area (TPSA) is 72.8 Å². The summed E-state index contributed by atoms with van der Waals surface area (Å²) in [6.45, 7) is -10.8.